The first-order chi connectivity index (χ1) is 10.0. The number of urea groups is 1. The lowest BCUT2D eigenvalue weighted by Gasteiger charge is -2.36. The number of carboxylic acid groups (broad SMARTS) is 1. The van der Waals surface area contributed by atoms with E-state index in [-0.39, 0.29) is 17.5 Å². The van der Waals surface area contributed by atoms with Crippen molar-refractivity contribution in [2.75, 3.05) is 19.8 Å². The number of rotatable bonds is 2. The molecule has 0 bridgehead atoms. The average Bonchev–Trinajstić information content (AvgIpc) is 2.97. The summed E-state index contributed by atoms with van der Waals surface area (Å²) < 4.78 is 5.45. The van der Waals surface area contributed by atoms with E-state index in [0.717, 1.165) is 38.7 Å². The summed E-state index contributed by atoms with van der Waals surface area (Å²) in [5, 5.41) is 12.5. The molecular weight excluding hydrogens is 272 g/mol. The minimum Gasteiger partial charge on any atom is -0.480 e. The molecule has 118 valence electrons. The second-order valence-electron chi connectivity index (χ2n) is 6.94. The van der Waals surface area contributed by atoms with Crippen molar-refractivity contribution in [1.29, 1.82) is 0 Å². The van der Waals surface area contributed by atoms with Crippen molar-refractivity contribution in [1.82, 2.24) is 10.2 Å². The van der Waals surface area contributed by atoms with Gasteiger partial charge in [-0.2, -0.15) is 0 Å². The molecule has 0 aromatic rings. The molecule has 2 saturated heterocycles. The van der Waals surface area contributed by atoms with E-state index in [1.807, 2.05) is 6.92 Å². The molecule has 3 aliphatic rings. The van der Waals surface area contributed by atoms with E-state index in [0.29, 0.717) is 19.1 Å². The highest BCUT2D eigenvalue weighted by atomic mass is 16.5. The topological polar surface area (TPSA) is 78.9 Å². The molecule has 0 radical (unpaired) electrons. The zero-order chi connectivity index (χ0) is 15.0. The van der Waals surface area contributed by atoms with E-state index >= 15 is 0 Å². The molecule has 1 aliphatic carbocycles. The highest BCUT2D eigenvalue weighted by Crippen LogP contribution is 2.42. The normalized spacial score (nSPS) is 39.1. The molecule has 3 fully saturated rings. The Labute approximate surface area is 124 Å². The quantitative estimate of drug-likeness (QED) is 0.808. The molecule has 2 N–H and O–H groups in total. The Morgan fingerprint density at radius 1 is 1.33 bits per heavy atom. The van der Waals surface area contributed by atoms with Crippen molar-refractivity contribution in [3.8, 4) is 0 Å². The summed E-state index contributed by atoms with van der Waals surface area (Å²) in [4.78, 5) is 25.7. The summed E-state index contributed by atoms with van der Waals surface area (Å²) >= 11 is 0. The first-order valence-corrected chi connectivity index (χ1v) is 7.89. The third kappa shape index (κ3) is 2.73. The van der Waals surface area contributed by atoms with Gasteiger partial charge < -0.3 is 20.1 Å². The lowest BCUT2D eigenvalue weighted by Crippen LogP contribution is -2.57. The minimum atomic E-state index is -0.871. The molecule has 3 rings (SSSR count). The van der Waals surface area contributed by atoms with Gasteiger partial charge in [-0.15, -0.1) is 0 Å². The fourth-order valence-electron chi connectivity index (χ4n) is 4.19. The van der Waals surface area contributed by atoms with Crippen LogP contribution in [0.4, 0.5) is 4.79 Å². The number of likely N-dealkylation sites (tertiary alicyclic amines) is 1. The van der Waals surface area contributed by atoms with Gasteiger partial charge in [0.1, 0.15) is 6.04 Å². The van der Waals surface area contributed by atoms with Crippen LogP contribution in [0.5, 0.6) is 0 Å². The minimum absolute atomic E-state index is 0.128. The van der Waals surface area contributed by atoms with Crippen molar-refractivity contribution in [3.05, 3.63) is 0 Å². The maximum absolute atomic E-state index is 12.6. The van der Waals surface area contributed by atoms with Crippen molar-refractivity contribution in [3.63, 3.8) is 0 Å². The first-order valence-electron chi connectivity index (χ1n) is 7.89. The average molecular weight is 296 g/mol. The Morgan fingerprint density at radius 3 is 2.81 bits per heavy atom. The molecule has 4 unspecified atom stereocenters. The molecule has 2 amide bonds. The maximum Gasteiger partial charge on any atom is 0.326 e. The van der Waals surface area contributed by atoms with Gasteiger partial charge in [-0.1, -0.05) is 6.42 Å². The summed E-state index contributed by atoms with van der Waals surface area (Å²) in [5.74, 6) is -0.388. The number of carbonyl (C=O) groups excluding carboxylic acids is 1. The van der Waals surface area contributed by atoms with Gasteiger partial charge in [0, 0.05) is 13.2 Å². The number of hydrogen-bond donors (Lipinski definition) is 2. The zero-order valence-electron chi connectivity index (χ0n) is 12.5. The van der Waals surface area contributed by atoms with Gasteiger partial charge in [0.2, 0.25) is 0 Å². The number of aliphatic carboxylic acids is 1. The van der Waals surface area contributed by atoms with Crippen LogP contribution in [0.1, 0.15) is 39.0 Å². The smallest absolute Gasteiger partial charge is 0.326 e. The van der Waals surface area contributed by atoms with E-state index in [2.05, 4.69) is 5.32 Å². The van der Waals surface area contributed by atoms with E-state index < -0.39 is 12.0 Å². The third-order valence-electron chi connectivity index (χ3n) is 5.25. The van der Waals surface area contributed by atoms with Crippen molar-refractivity contribution >= 4 is 12.0 Å². The molecule has 0 spiro atoms. The van der Waals surface area contributed by atoms with E-state index in [4.69, 9.17) is 4.74 Å². The Morgan fingerprint density at radius 2 is 2.14 bits per heavy atom. The fourth-order valence-corrected chi connectivity index (χ4v) is 4.19. The van der Waals surface area contributed by atoms with Gasteiger partial charge in [-0.05, 0) is 44.4 Å². The molecular formula is C15H24N2O4. The SMILES string of the molecule is CC1(NC(=O)N2CC3CCCC3C2C(=O)O)CCCOC1. The molecule has 2 aliphatic heterocycles. The Hall–Kier alpha value is -1.30. The van der Waals surface area contributed by atoms with Gasteiger partial charge in [-0.25, -0.2) is 9.59 Å². The zero-order valence-corrected chi connectivity index (χ0v) is 12.5. The Bertz CT molecular complexity index is 433. The molecule has 1 saturated carbocycles. The van der Waals surface area contributed by atoms with Gasteiger partial charge in [0.25, 0.3) is 0 Å². The highest BCUT2D eigenvalue weighted by Gasteiger charge is 2.50. The third-order valence-corrected chi connectivity index (χ3v) is 5.25. The first kappa shape index (κ1) is 14.6. The molecule has 6 nitrogen and oxygen atoms in total. The standard InChI is InChI=1S/C15H24N2O4/c1-15(6-3-7-21-9-15)16-14(20)17-8-10-4-2-5-11(10)12(17)13(18)19/h10-12H,2-9H2,1H3,(H,16,20)(H,18,19). The molecule has 21 heavy (non-hydrogen) atoms. The number of fused-ring (bicyclic) bond motifs is 1. The number of amides is 2. The summed E-state index contributed by atoms with van der Waals surface area (Å²) in [5.41, 5.74) is -0.379. The fraction of sp³-hybridized carbons (Fsp3) is 0.867. The summed E-state index contributed by atoms with van der Waals surface area (Å²) in [6, 6.07) is -0.907. The summed E-state index contributed by atoms with van der Waals surface area (Å²) in [6.07, 6.45) is 4.84. The number of carbonyl (C=O) groups is 2. The van der Waals surface area contributed by atoms with Crippen LogP contribution in [-0.4, -0.2) is 53.3 Å². The van der Waals surface area contributed by atoms with Gasteiger partial charge >= 0.3 is 12.0 Å². The van der Waals surface area contributed by atoms with Crippen LogP contribution < -0.4 is 5.32 Å². The number of carboxylic acids is 1. The number of nitrogens with zero attached hydrogens (tertiary/aromatic N) is 1. The summed E-state index contributed by atoms with van der Waals surface area (Å²) in [7, 11) is 0. The van der Waals surface area contributed by atoms with Crippen LogP contribution in [0.2, 0.25) is 0 Å². The van der Waals surface area contributed by atoms with Crippen molar-refractivity contribution < 1.29 is 19.4 Å². The van der Waals surface area contributed by atoms with Crippen molar-refractivity contribution in [2.45, 2.75) is 50.6 Å². The molecule has 0 aromatic heterocycles. The molecule has 0 aromatic carbocycles. The van der Waals surface area contributed by atoms with Crippen LogP contribution in [0.25, 0.3) is 0 Å². The summed E-state index contributed by atoms with van der Waals surface area (Å²) in [6.45, 7) is 3.77. The van der Waals surface area contributed by atoms with Gasteiger partial charge in [0.05, 0.1) is 12.1 Å². The number of ether oxygens (including phenoxy) is 1. The molecule has 4 atom stereocenters. The van der Waals surface area contributed by atoms with Crippen LogP contribution in [0.3, 0.4) is 0 Å². The van der Waals surface area contributed by atoms with Crippen LogP contribution in [0.15, 0.2) is 0 Å². The lowest BCUT2D eigenvalue weighted by atomic mass is 9.94. The van der Waals surface area contributed by atoms with E-state index in [1.165, 1.54) is 4.90 Å². The largest absolute Gasteiger partial charge is 0.480 e. The number of hydrogen-bond acceptors (Lipinski definition) is 3. The second kappa shape index (κ2) is 5.48. The van der Waals surface area contributed by atoms with E-state index in [1.54, 1.807) is 0 Å². The highest BCUT2D eigenvalue weighted by molar-refractivity contribution is 5.84. The second-order valence-corrected chi connectivity index (χ2v) is 6.94. The Kier molecular flexibility index (Phi) is 3.82. The van der Waals surface area contributed by atoms with E-state index in [9.17, 15) is 14.7 Å². The lowest BCUT2D eigenvalue weighted by molar-refractivity contribution is -0.142. The predicted octanol–water partition coefficient (Wildman–Crippen LogP) is 1.45. The van der Waals surface area contributed by atoms with Crippen LogP contribution >= 0.6 is 0 Å². The van der Waals surface area contributed by atoms with Gasteiger partial charge in [-0.3, -0.25) is 0 Å². The van der Waals surface area contributed by atoms with Crippen LogP contribution in [-0.2, 0) is 9.53 Å². The van der Waals surface area contributed by atoms with Crippen LogP contribution in [0, 0.1) is 11.8 Å². The maximum atomic E-state index is 12.6. The monoisotopic (exact) mass is 296 g/mol. The van der Waals surface area contributed by atoms with Crippen molar-refractivity contribution in [2.24, 2.45) is 11.8 Å². The van der Waals surface area contributed by atoms with Gasteiger partial charge in [0.15, 0.2) is 0 Å². The molecule has 6 heteroatoms. The molecule has 2 heterocycles. The Balaban J connectivity index is 1.70. The number of nitrogens with one attached hydrogen (secondary N) is 1. The predicted molar refractivity (Wildman–Crippen MR) is 76.0 cm³/mol.